The van der Waals surface area contributed by atoms with Crippen LogP contribution in [0.25, 0.3) is 0 Å². The van der Waals surface area contributed by atoms with Gasteiger partial charge in [0, 0.05) is 12.1 Å². The molecule has 140 valence electrons. The average Bonchev–Trinajstić information content (AvgIpc) is 3.16. The molecular weight excluding hydrogens is 342 g/mol. The monoisotopic (exact) mass is 365 g/mol. The Bertz CT molecular complexity index is 886. The summed E-state index contributed by atoms with van der Waals surface area (Å²) in [5.74, 6) is 1.60. The van der Waals surface area contributed by atoms with E-state index >= 15 is 0 Å². The minimum atomic E-state index is -0.252. The van der Waals surface area contributed by atoms with Crippen molar-refractivity contribution in [1.29, 1.82) is 0 Å². The highest BCUT2D eigenvalue weighted by Crippen LogP contribution is 2.20. The van der Waals surface area contributed by atoms with Gasteiger partial charge >= 0.3 is 0 Å². The van der Waals surface area contributed by atoms with Gasteiger partial charge in [0.15, 0.2) is 5.76 Å². The van der Waals surface area contributed by atoms with Crippen LogP contribution in [0.4, 0.5) is 0 Å². The molecule has 0 radical (unpaired) electrons. The van der Waals surface area contributed by atoms with Crippen molar-refractivity contribution < 1.29 is 18.7 Å². The van der Waals surface area contributed by atoms with E-state index in [0.29, 0.717) is 18.5 Å². The molecule has 5 heteroatoms. The molecule has 3 aromatic rings. The number of carbonyl (C=O) groups excluding carboxylic acids is 1. The summed E-state index contributed by atoms with van der Waals surface area (Å²) in [4.78, 5) is 12.5. The summed E-state index contributed by atoms with van der Waals surface area (Å²) in [5.41, 5.74) is 2.93. The van der Waals surface area contributed by atoms with Gasteiger partial charge in [0.2, 0.25) is 0 Å². The molecule has 27 heavy (non-hydrogen) atoms. The molecule has 1 N–H and O–H groups in total. The molecular formula is C22H23NO4. The van der Waals surface area contributed by atoms with Crippen molar-refractivity contribution in [3.8, 4) is 11.5 Å². The van der Waals surface area contributed by atoms with Crippen LogP contribution in [0, 0.1) is 6.92 Å². The fourth-order valence-electron chi connectivity index (χ4n) is 2.82. The fraction of sp³-hybridized carbons (Fsp3) is 0.227. The molecule has 0 saturated heterocycles. The smallest absolute Gasteiger partial charge is 0.287 e. The van der Waals surface area contributed by atoms with Crippen molar-refractivity contribution >= 4 is 5.91 Å². The Hall–Kier alpha value is -3.21. The van der Waals surface area contributed by atoms with Crippen LogP contribution in [0.2, 0.25) is 0 Å². The van der Waals surface area contributed by atoms with E-state index in [1.54, 1.807) is 13.2 Å². The number of nitrogens with one attached hydrogen (secondary N) is 1. The second-order valence-corrected chi connectivity index (χ2v) is 6.20. The summed E-state index contributed by atoms with van der Waals surface area (Å²) < 4.78 is 16.4. The van der Waals surface area contributed by atoms with Crippen LogP contribution < -0.4 is 14.8 Å². The van der Waals surface area contributed by atoms with Crippen LogP contribution in [0.5, 0.6) is 11.5 Å². The Kier molecular flexibility index (Phi) is 6.15. The molecule has 0 fully saturated rings. The molecule has 1 aromatic heterocycles. The highest BCUT2D eigenvalue weighted by atomic mass is 16.5. The van der Waals surface area contributed by atoms with Gasteiger partial charge in [-0.25, -0.2) is 0 Å². The zero-order chi connectivity index (χ0) is 19.1. The normalized spacial score (nSPS) is 10.4. The SMILES string of the molecule is COc1ccc(C)cc1CCNC(=O)c1occc1COc1ccccc1. The molecule has 0 unspecified atom stereocenters. The van der Waals surface area contributed by atoms with E-state index in [9.17, 15) is 4.79 Å². The molecule has 3 rings (SSSR count). The number of para-hydroxylation sites is 1. The molecule has 0 spiro atoms. The number of rotatable bonds is 8. The van der Waals surface area contributed by atoms with Crippen molar-refractivity contribution in [3.05, 3.63) is 83.3 Å². The summed E-state index contributed by atoms with van der Waals surface area (Å²) in [7, 11) is 1.65. The maximum absolute atomic E-state index is 12.5. The van der Waals surface area contributed by atoms with E-state index in [0.717, 1.165) is 22.6 Å². The minimum Gasteiger partial charge on any atom is -0.496 e. The zero-order valence-electron chi connectivity index (χ0n) is 15.5. The van der Waals surface area contributed by atoms with Crippen LogP contribution in [0.3, 0.4) is 0 Å². The van der Waals surface area contributed by atoms with Crippen molar-refractivity contribution in [3.63, 3.8) is 0 Å². The Labute approximate surface area is 158 Å². The first kappa shape index (κ1) is 18.6. The zero-order valence-corrected chi connectivity index (χ0v) is 15.5. The number of aryl methyl sites for hydroxylation is 1. The number of carbonyl (C=O) groups is 1. The summed E-state index contributed by atoms with van der Waals surface area (Å²) in [6.07, 6.45) is 2.18. The van der Waals surface area contributed by atoms with Gasteiger partial charge in [-0.05, 0) is 43.2 Å². The second-order valence-electron chi connectivity index (χ2n) is 6.20. The Morgan fingerprint density at radius 3 is 2.67 bits per heavy atom. The number of methoxy groups -OCH3 is 1. The quantitative estimate of drug-likeness (QED) is 0.651. The summed E-state index contributed by atoms with van der Waals surface area (Å²) in [6.45, 7) is 2.79. The molecule has 0 aliphatic rings. The summed E-state index contributed by atoms with van der Waals surface area (Å²) in [6, 6.07) is 17.2. The fourth-order valence-corrected chi connectivity index (χ4v) is 2.82. The Morgan fingerprint density at radius 1 is 1.07 bits per heavy atom. The maximum atomic E-state index is 12.5. The van der Waals surface area contributed by atoms with Gasteiger partial charge in [-0.15, -0.1) is 0 Å². The van der Waals surface area contributed by atoms with Crippen molar-refractivity contribution in [2.75, 3.05) is 13.7 Å². The van der Waals surface area contributed by atoms with E-state index in [4.69, 9.17) is 13.9 Å². The third kappa shape index (κ3) is 4.91. The van der Waals surface area contributed by atoms with E-state index in [-0.39, 0.29) is 18.3 Å². The van der Waals surface area contributed by atoms with E-state index in [2.05, 4.69) is 11.4 Å². The van der Waals surface area contributed by atoms with Crippen molar-refractivity contribution in [2.24, 2.45) is 0 Å². The molecule has 0 bridgehead atoms. The van der Waals surface area contributed by atoms with Gasteiger partial charge in [-0.2, -0.15) is 0 Å². The van der Waals surface area contributed by atoms with E-state index in [1.165, 1.54) is 6.26 Å². The predicted octanol–water partition coefficient (Wildman–Crippen LogP) is 4.15. The topological polar surface area (TPSA) is 60.7 Å². The van der Waals surface area contributed by atoms with Gasteiger partial charge in [0.1, 0.15) is 18.1 Å². The lowest BCUT2D eigenvalue weighted by atomic mass is 10.1. The third-order valence-electron chi connectivity index (χ3n) is 4.21. The number of ether oxygens (including phenoxy) is 2. The number of hydrogen-bond donors (Lipinski definition) is 1. The minimum absolute atomic E-state index is 0.252. The molecule has 2 aromatic carbocycles. The maximum Gasteiger partial charge on any atom is 0.287 e. The number of furan rings is 1. The first-order chi connectivity index (χ1) is 13.2. The predicted molar refractivity (Wildman–Crippen MR) is 103 cm³/mol. The lowest BCUT2D eigenvalue weighted by Gasteiger charge is -2.10. The van der Waals surface area contributed by atoms with Crippen LogP contribution in [0.15, 0.2) is 65.3 Å². The molecule has 1 amide bonds. The second kappa shape index (κ2) is 8.94. The van der Waals surface area contributed by atoms with Gasteiger partial charge in [-0.1, -0.05) is 35.9 Å². The largest absolute Gasteiger partial charge is 0.496 e. The molecule has 0 atom stereocenters. The Balaban J connectivity index is 1.56. The van der Waals surface area contributed by atoms with E-state index in [1.807, 2.05) is 49.4 Å². The molecule has 0 aliphatic carbocycles. The first-order valence-electron chi connectivity index (χ1n) is 8.83. The lowest BCUT2D eigenvalue weighted by molar-refractivity contribution is 0.0923. The summed E-state index contributed by atoms with van der Waals surface area (Å²) in [5, 5.41) is 2.90. The molecule has 0 aliphatic heterocycles. The number of hydrogen-bond acceptors (Lipinski definition) is 4. The lowest BCUT2D eigenvalue weighted by Crippen LogP contribution is -2.26. The van der Waals surface area contributed by atoms with Crippen molar-refractivity contribution in [1.82, 2.24) is 5.32 Å². The third-order valence-corrected chi connectivity index (χ3v) is 4.21. The van der Waals surface area contributed by atoms with Gasteiger partial charge in [0.05, 0.1) is 13.4 Å². The first-order valence-corrected chi connectivity index (χ1v) is 8.83. The highest BCUT2D eigenvalue weighted by molar-refractivity contribution is 5.92. The molecule has 0 saturated carbocycles. The molecule has 1 heterocycles. The number of amides is 1. The van der Waals surface area contributed by atoms with E-state index < -0.39 is 0 Å². The van der Waals surface area contributed by atoms with Crippen molar-refractivity contribution in [2.45, 2.75) is 20.0 Å². The van der Waals surface area contributed by atoms with Gasteiger partial charge < -0.3 is 19.2 Å². The van der Waals surface area contributed by atoms with Crippen LogP contribution in [-0.2, 0) is 13.0 Å². The summed E-state index contributed by atoms with van der Waals surface area (Å²) >= 11 is 0. The highest BCUT2D eigenvalue weighted by Gasteiger charge is 2.16. The van der Waals surface area contributed by atoms with Crippen LogP contribution in [0.1, 0.15) is 27.2 Å². The van der Waals surface area contributed by atoms with Crippen LogP contribution >= 0.6 is 0 Å². The number of benzene rings is 2. The standard InChI is InChI=1S/C22H23NO4/c1-16-8-9-20(25-2)17(14-16)10-12-23-22(24)21-18(11-13-26-21)15-27-19-6-4-3-5-7-19/h3-9,11,13-14H,10,12,15H2,1-2H3,(H,23,24). The molecule has 5 nitrogen and oxygen atoms in total. The van der Waals surface area contributed by atoms with Crippen LogP contribution in [-0.4, -0.2) is 19.6 Å². The van der Waals surface area contributed by atoms with Gasteiger partial charge in [0.25, 0.3) is 5.91 Å². The Morgan fingerprint density at radius 2 is 1.89 bits per heavy atom. The van der Waals surface area contributed by atoms with Gasteiger partial charge in [-0.3, -0.25) is 4.79 Å². The average molecular weight is 365 g/mol.